The Hall–Kier alpha value is -3.02. The second-order valence-corrected chi connectivity index (χ2v) is 5.49. The average Bonchev–Trinajstić information content (AvgIpc) is 3.09. The zero-order valence-corrected chi connectivity index (χ0v) is 12.4. The number of imidazole rings is 1. The smallest absolute Gasteiger partial charge is 0.256 e. The molecule has 1 aliphatic heterocycles. The Bertz CT molecular complexity index is 815. The van der Waals surface area contributed by atoms with Crippen molar-refractivity contribution in [2.45, 2.75) is 19.1 Å². The number of benzene rings is 1. The largest absolute Gasteiger partial charge is 0.331 e. The molecule has 0 aliphatic carbocycles. The molecule has 0 N–H and O–H groups in total. The van der Waals surface area contributed by atoms with E-state index < -0.39 is 0 Å². The minimum Gasteiger partial charge on any atom is -0.331 e. The third-order valence-electron chi connectivity index (χ3n) is 4.14. The topological polar surface area (TPSA) is 63.9 Å². The van der Waals surface area contributed by atoms with Gasteiger partial charge in [0, 0.05) is 18.9 Å². The molecule has 1 aliphatic rings. The molecule has 3 heterocycles. The van der Waals surface area contributed by atoms with Gasteiger partial charge in [-0.2, -0.15) is 10.2 Å². The highest BCUT2D eigenvalue weighted by atomic mass is 16.2. The Labute approximate surface area is 133 Å². The van der Waals surface area contributed by atoms with E-state index in [1.165, 1.54) is 12.4 Å². The van der Waals surface area contributed by atoms with Gasteiger partial charge in [-0.3, -0.25) is 4.79 Å². The van der Waals surface area contributed by atoms with Crippen LogP contribution in [-0.4, -0.2) is 30.6 Å². The van der Waals surface area contributed by atoms with Crippen LogP contribution in [0.1, 0.15) is 27.8 Å². The fourth-order valence-electron chi connectivity index (χ4n) is 2.96. The molecule has 4 rings (SSSR count). The van der Waals surface area contributed by atoms with Gasteiger partial charge in [-0.1, -0.05) is 30.3 Å². The molecule has 0 radical (unpaired) electrons. The van der Waals surface area contributed by atoms with Gasteiger partial charge < -0.3 is 9.47 Å². The Kier molecular flexibility index (Phi) is 3.34. The summed E-state index contributed by atoms with van der Waals surface area (Å²) in [6.45, 7) is 1.18. The van der Waals surface area contributed by atoms with Crippen molar-refractivity contribution >= 4 is 5.91 Å². The minimum absolute atomic E-state index is 0.0291. The maximum atomic E-state index is 12.9. The third kappa shape index (κ3) is 2.48. The van der Waals surface area contributed by atoms with Crippen molar-refractivity contribution in [2.75, 3.05) is 0 Å². The fourth-order valence-corrected chi connectivity index (χ4v) is 2.96. The van der Waals surface area contributed by atoms with Gasteiger partial charge in [0.05, 0.1) is 30.5 Å². The summed E-state index contributed by atoms with van der Waals surface area (Å²) in [5.41, 5.74) is 1.66. The van der Waals surface area contributed by atoms with Crippen LogP contribution in [0, 0.1) is 0 Å². The van der Waals surface area contributed by atoms with Gasteiger partial charge in [-0.15, -0.1) is 0 Å². The van der Waals surface area contributed by atoms with E-state index in [1.54, 1.807) is 12.3 Å². The minimum atomic E-state index is -0.0528. The second-order valence-electron chi connectivity index (χ2n) is 5.49. The molecule has 0 saturated heterocycles. The van der Waals surface area contributed by atoms with Crippen molar-refractivity contribution in [3.8, 4) is 0 Å². The lowest BCUT2D eigenvalue weighted by atomic mass is 10.0. The van der Waals surface area contributed by atoms with Crippen molar-refractivity contribution in [1.82, 2.24) is 24.6 Å². The van der Waals surface area contributed by atoms with E-state index >= 15 is 0 Å². The van der Waals surface area contributed by atoms with E-state index in [2.05, 4.69) is 31.9 Å². The van der Waals surface area contributed by atoms with Crippen LogP contribution in [0.2, 0.25) is 0 Å². The molecule has 1 atom stereocenters. The summed E-state index contributed by atoms with van der Waals surface area (Å²) in [4.78, 5) is 19.1. The average molecular weight is 305 g/mol. The SMILES string of the molecule is O=C(c1ccnnc1)N1Cc2nccn2C[C@@H]1c1ccccc1. The molecule has 23 heavy (non-hydrogen) atoms. The van der Waals surface area contributed by atoms with Gasteiger partial charge in [0.25, 0.3) is 5.91 Å². The van der Waals surface area contributed by atoms with E-state index in [0.717, 1.165) is 11.4 Å². The highest BCUT2D eigenvalue weighted by Crippen LogP contribution is 2.30. The van der Waals surface area contributed by atoms with Crippen LogP contribution >= 0.6 is 0 Å². The van der Waals surface area contributed by atoms with Crippen LogP contribution < -0.4 is 0 Å². The molecule has 3 aromatic rings. The van der Waals surface area contributed by atoms with Crippen molar-refractivity contribution in [1.29, 1.82) is 0 Å². The first-order valence-corrected chi connectivity index (χ1v) is 7.45. The number of fused-ring (bicyclic) bond motifs is 1. The summed E-state index contributed by atoms with van der Waals surface area (Å²) in [5, 5.41) is 7.55. The number of hydrogen-bond donors (Lipinski definition) is 0. The summed E-state index contributed by atoms with van der Waals surface area (Å²) < 4.78 is 2.10. The lowest BCUT2D eigenvalue weighted by molar-refractivity contribution is 0.0584. The van der Waals surface area contributed by atoms with E-state index in [9.17, 15) is 4.79 Å². The highest BCUT2D eigenvalue weighted by molar-refractivity contribution is 5.94. The molecule has 0 unspecified atom stereocenters. The van der Waals surface area contributed by atoms with Crippen molar-refractivity contribution in [3.05, 3.63) is 78.1 Å². The molecule has 6 nitrogen and oxygen atoms in total. The second kappa shape index (κ2) is 5.64. The number of carbonyl (C=O) groups is 1. The lowest BCUT2D eigenvalue weighted by Gasteiger charge is -2.36. The van der Waals surface area contributed by atoms with Crippen LogP contribution in [0.4, 0.5) is 0 Å². The van der Waals surface area contributed by atoms with E-state index in [-0.39, 0.29) is 11.9 Å². The summed E-state index contributed by atoms with van der Waals surface area (Å²) >= 11 is 0. The number of nitrogens with zero attached hydrogens (tertiary/aromatic N) is 5. The van der Waals surface area contributed by atoms with Crippen LogP contribution in [-0.2, 0) is 13.1 Å². The molecule has 0 bridgehead atoms. The summed E-state index contributed by atoms with van der Waals surface area (Å²) in [5.74, 6) is 0.843. The third-order valence-corrected chi connectivity index (χ3v) is 4.14. The number of aromatic nitrogens is 4. The van der Waals surface area contributed by atoms with E-state index in [1.807, 2.05) is 29.3 Å². The van der Waals surface area contributed by atoms with E-state index in [4.69, 9.17) is 0 Å². The molecule has 1 amide bonds. The Morgan fingerprint density at radius 1 is 1.09 bits per heavy atom. The molecule has 114 valence electrons. The van der Waals surface area contributed by atoms with Crippen LogP contribution in [0.25, 0.3) is 0 Å². The molecule has 1 aromatic carbocycles. The van der Waals surface area contributed by atoms with Gasteiger partial charge in [-0.25, -0.2) is 4.98 Å². The molecule has 0 fully saturated rings. The van der Waals surface area contributed by atoms with E-state index in [0.29, 0.717) is 18.7 Å². The first kappa shape index (κ1) is 13.6. The van der Waals surface area contributed by atoms with Crippen molar-refractivity contribution in [2.24, 2.45) is 0 Å². The molecular weight excluding hydrogens is 290 g/mol. The predicted octanol–water partition coefficient (Wildman–Crippen LogP) is 2.07. The van der Waals surface area contributed by atoms with Crippen molar-refractivity contribution in [3.63, 3.8) is 0 Å². The van der Waals surface area contributed by atoms with Crippen LogP contribution in [0.15, 0.2) is 61.2 Å². The number of carbonyl (C=O) groups excluding carboxylic acids is 1. The number of hydrogen-bond acceptors (Lipinski definition) is 4. The zero-order chi connectivity index (χ0) is 15.6. The maximum Gasteiger partial charge on any atom is 0.256 e. The lowest BCUT2D eigenvalue weighted by Crippen LogP contribution is -2.41. The highest BCUT2D eigenvalue weighted by Gasteiger charge is 2.32. The molecule has 0 saturated carbocycles. The van der Waals surface area contributed by atoms with Gasteiger partial charge in [0.15, 0.2) is 0 Å². The Morgan fingerprint density at radius 2 is 1.96 bits per heavy atom. The van der Waals surface area contributed by atoms with Gasteiger partial charge >= 0.3 is 0 Å². The number of rotatable bonds is 2. The monoisotopic (exact) mass is 305 g/mol. The zero-order valence-electron chi connectivity index (χ0n) is 12.4. The summed E-state index contributed by atoms with van der Waals surface area (Å²) in [6.07, 6.45) is 6.78. The van der Waals surface area contributed by atoms with Crippen molar-refractivity contribution < 1.29 is 4.79 Å². The molecule has 6 heteroatoms. The standard InChI is InChI=1S/C17H15N5O/c23-17(14-6-7-19-20-10-14)22-12-16-18-8-9-21(16)11-15(22)13-4-2-1-3-5-13/h1-10,15H,11-12H2/t15-/m1/s1. The van der Waals surface area contributed by atoms with Crippen LogP contribution in [0.5, 0.6) is 0 Å². The molecule has 0 spiro atoms. The van der Waals surface area contributed by atoms with Gasteiger partial charge in [0.1, 0.15) is 5.82 Å². The predicted molar refractivity (Wildman–Crippen MR) is 83.3 cm³/mol. The Balaban J connectivity index is 1.74. The normalized spacial score (nSPS) is 16.9. The van der Waals surface area contributed by atoms with Crippen LogP contribution in [0.3, 0.4) is 0 Å². The fraction of sp³-hybridized carbons (Fsp3) is 0.176. The maximum absolute atomic E-state index is 12.9. The quantitative estimate of drug-likeness (QED) is 0.727. The van der Waals surface area contributed by atoms with Gasteiger partial charge in [0.2, 0.25) is 0 Å². The summed E-state index contributed by atoms with van der Waals surface area (Å²) in [6, 6.07) is 11.7. The molecular formula is C17H15N5O. The van der Waals surface area contributed by atoms with Gasteiger partial charge in [-0.05, 0) is 11.6 Å². The first-order chi connectivity index (χ1) is 11.3. The number of amides is 1. The molecule has 2 aromatic heterocycles. The first-order valence-electron chi connectivity index (χ1n) is 7.45. The summed E-state index contributed by atoms with van der Waals surface area (Å²) in [7, 11) is 0. The Morgan fingerprint density at radius 3 is 2.74 bits per heavy atom.